The summed E-state index contributed by atoms with van der Waals surface area (Å²) in [5.41, 5.74) is 4.20. The molecule has 0 fully saturated rings. The van der Waals surface area contributed by atoms with Gasteiger partial charge < -0.3 is 10.6 Å². The molecule has 2 amide bonds. The highest BCUT2D eigenvalue weighted by Crippen LogP contribution is 2.36. The molecule has 0 spiro atoms. The fourth-order valence-electron chi connectivity index (χ4n) is 2.50. The Kier molecular flexibility index (Phi) is 4.13. The van der Waals surface area contributed by atoms with Gasteiger partial charge in [-0.1, -0.05) is 17.7 Å². The van der Waals surface area contributed by atoms with E-state index >= 15 is 0 Å². The first kappa shape index (κ1) is 15.6. The molecule has 23 heavy (non-hydrogen) atoms. The third kappa shape index (κ3) is 3.24. The van der Waals surface area contributed by atoms with Crippen LogP contribution in [0, 0.1) is 13.8 Å². The van der Waals surface area contributed by atoms with E-state index in [2.05, 4.69) is 10.6 Å². The van der Waals surface area contributed by atoms with E-state index in [9.17, 15) is 9.59 Å². The molecule has 0 saturated heterocycles. The lowest BCUT2D eigenvalue weighted by Crippen LogP contribution is -2.26. The minimum Gasteiger partial charge on any atom is -0.324 e. The van der Waals surface area contributed by atoms with Gasteiger partial charge in [-0.15, -0.1) is 11.8 Å². The van der Waals surface area contributed by atoms with Crippen molar-refractivity contribution in [2.24, 2.45) is 0 Å². The normalized spacial score (nSPS) is 16.5. The van der Waals surface area contributed by atoms with Gasteiger partial charge >= 0.3 is 0 Å². The summed E-state index contributed by atoms with van der Waals surface area (Å²) in [4.78, 5) is 25.2. The third-order valence-electron chi connectivity index (χ3n) is 3.80. The second kappa shape index (κ2) is 6.08. The predicted molar refractivity (Wildman–Crippen MR) is 94.3 cm³/mol. The van der Waals surface area contributed by atoms with Crippen molar-refractivity contribution in [3.05, 3.63) is 53.1 Å². The minimum absolute atomic E-state index is 0.0329. The molecule has 2 aromatic rings. The van der Waals surface area contributed by atoms with Crippen molar-refractivity contribution < 1.29 is 9.59 Å². The lowest BCUT2D eigenvalue weighted by molar-refractivity contribution is -0.115. The number of hydrogen-bond acceptors (Lipinski definition) is 3. The molecule has 1 unspecified atom stereocenters. The number of rotatable bonds is 2. The van der Waals surface area contributed by atoms with Gasteiger partial charge in [0.25, 0.3) is 5.91 Å². The lowest BCUT2D eigenvalue weighted by atomic mass is 10.1. The summed E-state index contributed by atoms with van der Waals surface area (Å²) in [6.45, 7) is 5.85. The van der Waals surface area contributed by atoms with Crippen LogP contribution in [0.1, 0.15) is 28.4 Å². The van der Waals surface area contributed by atoms with E-state index in [1.165, 1.54) is 11.8 Å². The third-order valence-corrected chi connectivity index (χ3v) is 4.98. The molecule has 1 atom stereocenters. The van der Waals surface area contributed by atoms with Crippen molar-refractivity contribution in [2.75, 3.05) is 10.6 Å². The number of amides is 2. The Balaban J connectivity index is 1.83. The molecule has 1 aliphatic rings. The van der Waals surface area contributed by atoms with Gasteiger partial charge in [0.1, 0.15) is 0 Å². The molecule has 2 N–H and O–H groups in total. The van der Waals surface area contributed by atoms with Crippen LogP contribution < -0.4 is 10.6 Å². The van der Waals surface area contributed by atoms with Crippen molar-refractivity contribution >= 4 is 35.0 Å². The molecule has 3 rings (SSSR count). The Morgan fingerprint density at radius 2 is 1.96 bits per heavy atom. The number of carbonyl (C=O) groups excluding carboxylic acids is 2. The number of fused-ring (bicyclic) bond motifs is 1. The summed E-state index contributed by atoms with van der Waals surface area (Å²) in [5, 5.41) is 5.66. The number of thioether (sulfide) groups is 1. The largest absolute Gasteiger partial charge is 0.324 e. The SMILES string of the molecule is Cc1ccc(NC(=O)c2ccc3c(c2)NC(=O)C(C)S3)c(C)c1. The van der Waals surface area contributed by atoms with E-state index in [0.717, 1.165) is 21.7 Å². The van der Waals surface area contributed by atoms with E-state index in [1.54, 1.807) is 12.1 Å². The Hall–Kier alpha value is -2.27. The van der Waals surface area contributed by atoms with E-state index in [-0.39, 0.29) is 17.1 Å². The average Bonchev–Trinajstić information content (AvgIpc) is 2.50. The van der Waals surface area contributed by atoms with Crippen LogP contribution in [0.15, 0.2) is 41.3 Å². The zero-order valence-corrected chi connectivity index (χ0v) is 14.1. The monoisotopic (exact) mass is 326 g/mol. The number of anilines is 2. The van der Waals surface area contributed by atoms with Gasteiger partial charge in [-0.05, 0) is 50.6 Å². The summed E-state index contributed by atoms with van der Waals surface area (Å²) < 4.78 is 0. The molecular weight excluding hydrogens is 308 g/mol. The maximum Gasteiger partial charge on any atom is 0.255 e. The quantitative estimate of drug-likeness (QED) is 0.877. The summed E-state index contributed by atoms with van der Waals surface area (Å²) in [6.07, 6.45) is 0. The summed E-state index contributed by atoms with van der Waals surface area (Å²) in [7, 11) is 0. The molecule has 0 aliphatic carbocycles. The molecule has 0 radical (unpaired) electrons. The second-order valence-electron chi connectivity index (χ2n) is 5.73. The number of nitrogens with one attached hydrogen (secondary N) is 2. The fourth-order valence-corrected chi connectivity index (χ4v) is 3.43. The Bertz CT molecular complexity index is 802. The maximum atomic E-state index is 12.5. The molecule has 4 nitrogen and oxygen atoms in total. The lowest BCUT2D eigenvalue weighted by Gasteiger charge is -2.21. The summed E-state index contributed by atoms with van der Waals surface area (Å²) in [6, 6.07) is 11.3. The van der Waals surface area contributed by atoms with Crippen LogP contribution in [0.5, 0.6) is 0 Å². The van der Waals surface area contributed by atoms with Crippen LogP contribution in [0.3, 0.4) is 0 Å². The molecule has 118 valence electrons. The molecule has 0 saturated carbocycles. The highest BCUT2D eigenvalue weighted by atomic mass is 32.2. The van der Waals surface area contributed by atoms with Crippen LogP contribution in [0.25, 0.3) is 0 Å². The van der Waals surface area contributed by atoms with Crippen molar-refractivity contribution in [2.45, 2.75) is 30.9 Å². The fraction of sp³-hybridized carbons (Fsp3) is 0.222. The Morgan fingerprint density at radius 1 is 1.17 bits per heavy atom. The van der Waals surface area contributed by atoms with Gasteiger partial charge in [0, 0.05) is 16.1 Å². The maximum absolute atomic E-state index is 12.5. The topological polar surface area (TPSA) is 58.2 Å². The van der Waals surface area contributed by atoms with Crippen molar-refractivity contribution in [3.63, 3.8) is 0 Å². The molecule has 2 aromatic carbocycles. The van der Waals surface area contributed by atoms with E-state index in [0.29, 0.717) is 11.3 Å². The molecule has 0 bridgehead atoms. The van der Waals surface area contributed by atoms with Crippen molar-refractivity contribution in [1.82, 2.24) is 0 Å². The average molecular weight is 326 g/mol. The minimum atomic E-state index is -0.183. The van der Waals surface area contributed by atoms with Gasteiger partial charge in [-0.3, -0.25) is 9.59 Å². The van der Waals surface area contributed by atoms with Crippen LogP contribution in [-0.2, 0) is 4.79 Å². The van der Waals surface area contributed by atoms with Crippen LogP contribution in [-0.4, -0.2) is 17.1 Å². The number of benzene rings is 2. The van der Waals surface area contributed by atoms with E-state index in [1.807, 2.05) is 45.0 Å². The van der Waals surface area contributed by atoms with Crippen molar-refractivity contribution in [3.8, 4) is 0 Å². The molecule has 1 aliphatic heterocycles. The van der Waals surface area contributed by atoms with Crippen LogP contribution >= 0.6 is 11.8 Å². The van der Waals surface area contributed by atoms with Gasteiger partial charge in [0.15, 0.2) is 0 Å². The first-order chi connectivity index (χ1) is 10.9. The van der Waals surface area contributed by atoms with Crippen LogP contribution in [0.4, 0.5) is 11.4 Å². The molecular formula is C18H18N2O2S. The number of carbonyl (C=O) groups is 2. The Labute approximate surface area is 139 Å². The van der Waals surface area contributed by atoms with Crippen LogP contribution in [0.2, 0.25) is 0 Å². The number of hydrogen-bond donors (Lipinski definition) is 2. The van der Waals surface area contributed by atoms with Gasteiger partial charge in [0.05, 0.1) is 10.9 Å². The summed E-state index contributed by atoms with van der Waals surface area (Å²) >= 11 is 1.50. The zero-order valence-electron chi connectivity index (χ0n) is 13.3. The Morgan fingerprint density at radius 3 is 2.70 bits per heavy atom. The van der Waals surface area contributed by atoms with E-state index < -0.39 is 0 Å². The highest BCUT2D eigenvalue weighted by molar-refractivity contribution is 8.00. The molecule has 1 heterocycles. The van der Waals surface area contributed by atoms with Gasteiger partial charge in [-0.2, -0.15) is 0 Å². The first-order valence-electron chi connectivity index (χ1n) is 7.44. The predicted octanol–water partition coefficient (Wildman–Crippen LogP) is 3.99. The number of aryl methyl sites for hydroxylation is 2. The highest BCUT2D eigenvalue weighted by Gasteiger charge is 2.23. The first-order valence-corrected chi connectivity index (χ1v) is 8.32. The van der Waals surface area contributed by atoms with Gasteiger partial charge in [0.2, 0.25) is 5.91 Å². The van der Waals surface area contributed by atoms with Gasteiger partial charge in [-0.25, -0.2) is 0 Å². The second-order valence-corrected chi connectivity index (χ2v) is 7.12. The summed E-state index contributed by atoms with van der Waals surface area (Å²) in [5.74, 6) is -0.216. The zero-order chi connectivity index (χ0) is 16.6. The van der Waals surface area contributed by atoms with Crippen molar-refractivity contribution in [1.29, 1.82) is 0 Å². The molecule has 5 heteroatoms. The molecule has 0 aromatic heterocycles. The smallest absolute Gasteiger partial charge is 0.255 e. The standard InChI is InChI=1S/C18H18N2O2S/c1-10-4-6-14(11(2)8-10)19-18(22)13-5-7-16-15(9-13)20-17(21)12(3)23-16/h4-9,12H,1-3H3,(H,19,22)(H,20,21). The van der Waals surface area contributed by atoms with E-state index in [4.69, 9.17) is 0 Å².